The molecule has 3 aromatic carbocycles. The van der Waals surface area contributed by atoms with Crippen LogP contribution < -0.4 is 14.8 Å². The smallest absolute Gasteiger partial charge is 0.387 e. The summed E-state index contributed by atoms with van der Waals surface area (Å²) in [6.45, 7) is -3.00. The van der Waals surface area contributed by atoms with Gasteiger partial charge in [-0.25, -0.2) is 8.42 Å². The second kappa shape index (κ2) is 9.78. The van der Waals surface area contributed by atoms with Crippen molar-refractivity contribution in [3.8, 4) is 22.6 Å². The number of sulfone groups is 1. The molecule has 0 atom stereocenters. The van der Waals surface area contributed by atoms with E-state index in [1.807, 2.05) is 0 Å². The topological polar surface area (TPSA) is 81.7 Å². The van der Waals surface area contributed by atoms with Crippen molar-refractivity contribution in [2.24, 2.45) is 0 Å². The first-order chi connectivity index (χ1) is 15.1. The molecule has 0 radical (unpaired) electrons. The molecule has 168 valence electrons. The third kappa shape index (κ3) is 6.27. The molecule has 6 nitrogen and oxygen atoms in total. The average Bonchev–Trinajstić information content (AvgIpc) is 2.74. The summed E-state index contributed by atoms with van der Waals surface area (Å²) in [7, 11) is -1.66. The molecule has 0 saturated heterocycles. The van der Waals surface area contributed by atoms with Gasteiger partial charge in [-0.2, -0.15) is 8.78 Å². The Hall–Kier alpha value is -3.46. The van der Waals surface area contributed by atoms with Gasteiger partial charge in [0.05, 0.1) is 12.9 Å². The van der Waals surface area contributed by atoms with Crippen molar-refractivity contribution >= 4 is 21.4 Å². The molecule has 0 saturated carbocycles. The number of hydrogen-bond donors (Lipinski definition) is 1. The predicted octanol–water partition coefficient (Wildman–Crippen LogP) is 4.76. The molecular formula is C23H21F2NO5S. The van der Waals surface area contributed by atoms with E-state index in [0.29, 0.717) is 33.7 Å². The third-order valence-electron chi connectivity index (χ3n) is 4.50. The van der Waals surface area contributed by atoms with E-state index in [9.17, 15) is 22.0 Å². The van der Waals surface area contributed by atoms with Crippen LogP contribution in [0.3, 0.4) is 0 Å². The van der Waals surface area contributed by atoms with E-state index in [1.165, 1.54) is 37.4 Å². The highest BCUT2D eigenvalue weighted by Gasteiger charge is 2.14. The van der Waals surface area contributed by atoms with Crippen LogP contribution in [-0.4, -0.2) is 34.3 Å². The fourth-order valence-electron chi connectivity index (χ4n) is 3.06. The van der Waals surface area contributed by atoms with Crippen molar-refractivity contribution < 1.29 is 31.5 Å². The van der Waals surface area contributed by atoms with Crippen LogP contribution in [0.15, 0.2) is 66.7 Å². The van der Waals surface area contributed by atoms with Crippen LogP contribution in [0.5, 0.6) is 11.5 Å². The van der Waals surface area contributed by atoms with Gasteiger partial charge in [0, 0.05) is 23.1 Å². The molecule has 0 fully saturated rings. The first kappa shape index (κ1) is 23.2. The summed E-state index contributed by atoms with van der Waals surface area (Å²) >= 11 is 0. The molecule has 3 aromatic rings. The quantitative estimate of drug-likeness (QED) is 0.523. The molecule has 1 amide bonds. The number of nitrogens with one attached hydrogen (secondary N) is 1. The summed E-state index contributed by atoms with van der Waals surface area (Å²) in [5.41, 5.74) is 2.24. The SMILES string of the molecule is COc1ccc(-c2cc(NC(=O)c3ccc(CS(C)(=O)=O)cc3)ccc2OC(F)F)cc1. The number of carbonyl (C=O) groups is 1. The molecule has 0 aliphatic heterocycles. The van der Waals surface area contributed by atoms with Crippen molar-refractivity contribution in [1.29, 1.82) is 0 Å². The maximum Gasteiger partial charge on any atom is 0.387 e. The van der Waals surface area contributed by atoms with Crippen molar-refractivity contribution in [1.82, 2.24) is 0 Å². The Morgan fingerprint density at radius 2 is 1.66 bits per heavy atom. The van der Waals surface area contributed by atoms with Crippen LogP contribution in [0.25, 0.3) is 11.1 Å². The molecule has 0 aliphatic carbocycles. The first-order valence-corrected chi connectivity index (χ1v) is 11.5. The number of benzene rings is 3. The lowest BCUT2D eigenvalue weighted by Crippen LogP contribution is -2.12. The Morgan fingerprint density at radius 1 is 1.00 bits per heavy atom. The van der Waals surface area contributed by atoms with Crippen molar-refractivity contribution in [2.45, 2.75) is 12.4 Å². The second-order valence-corrected chi connectivity index (χ2v) is 9.18. The van der Waals surface area contributed by atoms with Crippen LogP contribution in [0.2, 0.25) is 0 Å². The zero-order chi connectivity index (χ0) is 23.3. The highest BCUT2D eigenvalue weighted by atomic mass is 32.2. The van der Waals surface area contributed by atoms with Gasteiger partial charge in [0.1, 0.15) is 11.5 Å². The minimum absolute atomic E-state index is 0.0340. The van der Waals surface area contributed by atoms with Crippen LogP contribution in [0.1, 0.15) is 15.9 Å². The number of amides is 1. The maximum atomic E-state index is 12.9. The van der Waals surface area contributed by atoms with E-state index in [4.69, 9.17) is 4.74 Å². The van der Waals surface area contributed by atoms with E-state index < -0.39 is 22.4 Å². The Morgan fingerprint density at radius 3 is 2.22 bits per heavy atom. The van der Waals surface area contributed by atoms with E-state index in [2.05, 4.69) is 10.1 Å². The maximum absolute atomic E-state index is 12.9. The number of carbonyl (C=O) groups excluding carboxylic acids is 1. The number of methoxy groups -OCH3 is 1. The van der Waals surface area contributed by atoms with Gasteiger partial charge in [-0.3, -0.25) is 4.79 Å². The van der Waals surface area contributed by atoms with Gasteiger partial charge in [-0.05, 0) is 53.6 Å². The van der Waals surface area contributed by atoms with E-state index in [-0.39, 0.29) is 11.5 Å². The van der Waals surface area contributed by atoms with Gasteiger partial charge in [-0.1, -0.05) is 24.3 Å². The molecule has 3 rings (SSSR count). The molecule has 0 aliphatic rings. The fourth-order valence-corrected chi connectivity index (χ4v) is 3.86. The van der Waals surface area contributed by atoms with Crippen molar-refractivity contribution in [2.75, 3.05) is 18.7 Å². The first-order valence-electron chi connectivity index (χ1n) is 9.46. The summed E-state index contributed by atoms with van der Waals surface area (Å²) in [5.74, 6) is 0.0207. The number of halogens is 2. The predicted molar refractivity (Wildman–Crippen MR) is 118 cm³/mol. The monoisotopic (exact) mass is 461 g/mol. The molecular weight excluding hydrogens is 440 g/mol. The Kier molecular flexibility index (Phi) is 7.09. The highest BCUT2D eigenvalue weighted by molar-refractivity contribution is 7.89. The third-order valence-corrected chi connectivity index (χ3v) is 5.36. The van der Waals surface area contributed by atoms with Crippen molar-refractivity contribution in [3.63, 3.8) is 0 Å². The van der Waals surface area contributed by atoms with Crippen LogP contribution in [0.4, 0.5) is 14.5 Å². The van der Waals surface area contributed by atoms with Crippen LogP contribution >= 0.6 is 0 Å². The number of ether oxygens (including phenoxy) is 2. The summed E-state index contributed by atoms with van der Waals surface area (Å²) < 4.78 is 58.2. The summed E-state index contributed by atoms with van der Waals surface area (Å²) in [4.78, 5) is 12.6. The second-order valence-electron chi connectivity index (χ2n) is 7.04. The molecule has 32 heavy (non-hydrogen) atoms. The minimum atomic E-state index is -3.18. The standard InChI is InChI=1S/C23H21F2NO5S/c1-30-19-10-7-16(8-11-19)20-13-18(9-12-21(20)31-23(24)25)26-22(27)17-5-3-15(4-6-17)14-32(2,28)29/h3-13,23H,14H2,1-2H3,(H,26,27). The van der Waals surface area contributed by atoms with E-state index >= 15 is 0 Å². The lowest BCUT2D eigenvalue weighted by Gasteiger charge is -2.14. The molecule has 0 unspecified atom stereocenters. The zero-order valence-electron chi connectivity index (χ0n) is 17.3. The molecule has 0 aromatic heterocycles. The average molecular weight is 461 g/mol. The van der Waals surface area contributed by atoms with Gasteiger partial charge in [-0.15, -0.1) is 0 Å². The lowest BCUT2D eigenvalue weighted by atomic mass is 10.0. The fraction of sp³-hybridized carbons (Fsp3) is 0.174. The zero-order valence-corrected chi connectivity index (χ0v) is 18.2. The Bertz CT molecular complexity index is 1190. The lowest BCUT2D eigenvalue weighted by molar-refractivity contribution is -0.0494. The van der Waals surface area contributed by atoms with Gasteiger partial charge in [0.2, 0.25) is 0 Å². The molecule has 0 heterocycles. The number of alkyl halides is 2. The highest BCUT2D eigenvalue weighted by Crippen LogP contribution is 2.34. The Balaban J connectivity index is 1.85. The number of anilines is 1. The normalized spacial score (nSPS) is 11.3. The van der Waals surface area contributed by atoms with Crippen LogP contribution in [0, 0.1) is 0 Å². The largest absolute Gasteiger partial charge is 0.497 e. The van der Waals surface area contributed by atoms with Crippen LogP contribution in [-0.2, 0) is 15.6 Å². The van der Waals surface area contributed by atoms with E-state index in [0.717, 1.165) is 6.26 Å². The summed E-state index contributed by atoms with van der Waals surface area (Å²) in [5, 5.41) is 2.71. The van der Waals surface area contributed by atoms with E-state index in [1.54, 1.807) is 36.4 Å². The molecule has 0 spiro atoms. The number of rotatable bonds is 8. The van der Waals surface area contributed by atoms with Gasteiger partial charge in [0.25, 0.3) is 5.91 Å². The van der Waals surface area contributed by atoms with Crippen molar-refractivity contribution in [3.05, 3.63) is 77.9 Å². The minimum Gasteiger partial charge on any atom is -0.497 e. The molecule has 9 heteroatoms. The molecule has 1 N–H and O–H groups in total. The summed E-state index contributed by atoms with van der Waals surface area (Å²) in [6, 6.07) is 17.3. The molecule has 0 bridgehead atoms. The Labute approximate surface area is 184 Å². The summed E-state index contributed by atoms with van der Waals surface area (Å²) in [6.07, 6.45) is 1.13. The van der Waals surface area contributed by atoms with Gasteiger partial charge in [0.15, 0.2) is 9.84 Å². The van der Waals surface area contributed by atoms with Gasteiger partial charge < -0.3 is 14.8 Å². The van der Waals surface area contributed by atoms with Gasteiger partial charge >= 0.3 is 6.61 Å². The number of hydrogen-bond acceptors (Lipinski definition) is 5.